The van der Waals surface area contributed by atoms with Crippen molar-refractivity contribution in [3.63, 3.8) is 0 Å². The van der Waals surface area contributed by atoms with E-state index in [0.717, 1.165) is 97.3 Å². The van der Waals surface area contributed by atoms with Crippen molar-refractivity contribution in [1.82, 2.24) is 24.8 Å². The lowest BCUT2D eigenvalue weighted by molar-refractivity contribution is 0.103. The molecule has 2 aliphatic rings. The second-order valence-electron chi connectivity index (χ2n) is 11.5. The number of anilines is 2. The molecule has 0 spiro atoms. The van der Waals surface area contributed by atoms with Gasteiger partial charge in [0.05, 0.1) is 18.1 Å². The third-order valence-electron chi connectivity index (χ3n) is 8.69. The number of pyridine rings is 1. The molecule has 2 fully saturated rings. The van der Waals surface area contributed by atoms with Gasteiger partial charge in [-0.2, -0.15) is 0 Å². The van der Waals surface area contributed by atoms with E-state index in [1.807, 2.05) is 42.6 Å². The molecule has 4 heterocycles. The normalized spacial score (nSPS) is 16.6. The number of hydrogen-bond acceptors (Lipinski definition) is 7. The first-order chi connectivity index (χ1) is 21.6. The van der Waals surface area contributed by atoms with Crippen LogP contribution in [0.5, 0.6) is 0 Å². The van der Waals surface area contributed by atoms with Gasteiger partial charge in [0, 0.05) is 74.0 Å². The molecule has 9 heteroatoms. The lowest BCUT2D eigenvalue weighted by Crippen LogP contribution is -2.48. The summed E-state index contributed by atoms with van der Waals surface area (Å²) < 4.78 is 0. The summed E-state index contributed by atoms with van der Waals surface area (Å²) in [7, 11) is 0. The van der Waals surface area contributed by atoms with Crippen LogP contribution in [0, 0.1) is 0 Å². The molecular weight excluding hydrogens is 589 g/mol. The maximum atomic E-state index is 6.24. The van der Waals surface area contributed by atoms with Crippen LogP contribution in [0.1, 0.15) is 23.0 Å². The van der Waals surface area contributed by atoms with Crippen LogP contribution in [0.3, 0.4) is 0 Å². The number of piperazine rings is 2. The van der Waals surface area contributed by atoms with Gasteiger partial charge in [-0.05, 0) is 59.7 Å². The Morgan fingerprint density at radius 1 is 0.614 bits per heavy atom. The maximum Gasteiger partial charge on any atom is 0.145 e. The van der Waals surface area contributed by atoms with Gasteiger partial charge in [0.2, 0.25) is 0 Å². The average molecular weight is 625 g/mol. The summed E-state index contributed by atoms with van der Waals surface area (Å²) in [6.45, 7) is 8.09. The standard InChI is InChI=1S/C35H35Cl2N7/c36-28-12-8-26(9-13-28)34(27-10-14-29(37)15-11-27)43-19-17-41(18-20-43)25-32-39-31-6-2-1-5-30(31)35(40-32)44-23-21-42(22-24-44)33-7-3-4-16-38-33/h1-16,34H,17-25H2. The van der Waals surface area contributed by atoms with Crippen molar-refractivity contribution in [1.29, 1.82) is 0 Å². The van der Waals surface area contributed by atoms with Crippen LogP contribution in [0.4, 0.5) is 11.6 Å². The van der Waals surface area contributed by atoms with Gasteiger partial charge in [-0.25, -0.2) is 15.0 Å². The van der Waals surface area contributed by atoms with Crippen molar-refractivity contribution < 1.29 is 0 Å². The highest BCUT2D eigenvalue weighted by Gasteiger charge is 2.28. The van der Waals surface area contributed by atoms with Crippen molar-refractivity contribution in [2.45, 2.75) is 12.6 Å². The number of halogens is 2. The lowest BCUT2D eigenvalue weighted by atomic mass is 9.96. The Hall–Kier alpha value is -3.75. The zero-order valence-corrected chi connectivity index (χ0v) is 26.1. The fourth-order valence-electron chi connectivity index (χ4n) is 6.39. The maximum absolute atomic E-state index is 6.24. The number of rotatable bonds is 7. The predicted molar refractivity (Wildman–Crippen MR) is 180 cm³/mol. The predicted octanol–water partition coefficient (Wildman–Crippen LogP) is 6.57. The molecule has 0 radical (unpaired) electrons. The Labute approximate surface area is 268 Å². The second kappa shape index (κ2) is 13.1. The van der Waals surface area contributed by atoms with Crippen molar-refractivity contribution >= 4 is 45.7 Å². The van der Waals surface area contributed by atoms with Crippen LogP contribution in [-0.2, 0) is 6.54 Å². The van der Waals surface area contributed by atoms with Crippen molar-refractivity contribution in [2.24, 2.45) is 0 Å². The molecule has 0 unspecified atom stereocenters. The van der Waals surface area contributed by atoms with Crippen molar-refractivity contribution in [3.05, 3.63) is 124 Å². The molecule has 224 valence electrons. The number of para-hydroxylation sites is 1. The Morgan fingerprint density at radius 3 is 1.86 bits per heavy atom. The quantitative estimate of drug-likeness (QED) is 0.203. The largest absolute Gasteiger partial charge is 0.353 e. The minimum atomic E-state index is 0.139. The van der Waals surface area contributed by atoms with Crippen LogP contribution >= 0.6 is 23.2 Å². The monoisotopic (exact) mass is 623 g/mol. The molecule has 0 saturated carbocycles. The molecule has 3 aromatic carbocycles. The van der Waals surface area contributed by atoms with Gasteiger partial charge in [-0.1, -0.05) is 65.7 Å². The summed E-state index contributed by atoms with van der Waals surface area (Å²) in [5.41, 5.74) is 3.47. The Morgan fingerprint density at radius 2 is 1.23 bits per heavy atom. The Balaban J connectivity index is 1.06. The topological polar surface area (TPSA) is 51.6 Å². The van der Waals surface area contributed by atoms with Crippen molar-refractivity contribution in [2.75, 3.05) is 62.2 Å². The summed E-state index contributed by atoms with van der Waals surface area (Å²) in [6, 6.07) is 31.1. The van der Waals surface area contributed by atoms with Crippen LogP contribution in [0.15, 0.2) is 97.2 Å². The van der Waals surface area contributed by atoms with E-state index in [-0.39, 0.29) is 6.04 Å². The van der Waals surface area contributed by atoms with Crippen LogP contribution in [0.25, 0.3) is 10.9 Å². The third kappa shape index (κ3) is 6.37. The lowest BCUT2D eigenvalue weighted by Gasteiger charge is -2.40. The fourth-order valence-corrected chi connectivity index (χ4v) is 6.64. The summed E-state index contributed by atoms with van der Waals surface area (Å²) in [5, 5.41) is 2.61. The van der Waals surface area contributed by atoms with E-state index < -0.39 is 0 Å². The van der Waals surface area contributed by atoms with E-state index in [9.17, 15) is 0 Å². The first-order valence-electron chi connectivity index (χ1n) is 15.2. The fraction of sp³-hybridized carbons (Fsp3) is 0.286. The van der Waals surface area contributed by atoms with E-state index in [4.69, 9.17) is 33.2 Å². The highest BCUT2D eigenvalue weighted by atomic mass is 35.5. The summed E-state index contributed by atoms with van der Waals surface area (Å²) in [6.07, 6.45) is 1.86. The van der Waals surface area contributed by atoms with Gasteiger partial charge >= 0.3 is 0 Å². The smallest absolute Gasteiger partial charge is 0.145 e. The number of aromatic nitrogens is 3. The summed E-state index contributed by atoms with van der Waals surface area (Å²) >= 11 is 12.5. The van der Waals surface area contributed by atoms with E-state index in [1.54, 1.807) is 0 Å². The van der Waals surface area contributed by atoms with E-state index >= 15 is 0 Å². The van der Waals surface area contributed by atoms with Gasteiger partial charge in [0.15, 0.2) is 0 Å². The summed E-state index contributed by atoms with van der Waals surface area (Å²) in [4.78, 5) is 24.5. The first kappa shape index (κ1) is 29.0. The first-order valence-corrected chi connectivity index (χ1v) is 16.0. The Bertz CT molecular complexity index is 1640. The number of hydrogen-bond donors (Lipinski definition) is 0. The highest BCUT2D eigenvalue weighted by Crippen LogP contribution is 2.32. The molecule has 7 nitrogen and oxygen atoms in total. The minimum Gasteiger partial charge on any atom is -0.353 e. The zero-order chi connectivity index (χ0) is 29.9. The third-order valence-corrected chi connectivity index (χ3v) is 9.19. The zero-order valence-electron chi connectivity index (χ0n) is 24.6. The number of fused-ring (bicyclic) bond motifs is 1. The molecule has 0 aliphatic carbocycles. The molecule has 0 amide bonds. The number of nitrogens with zero attached hydrogens (tertiary/aromatic N) is 7. The van der Waals surface area contributed by atoms with Gasteiger partial charge in [0.1, 0.15) is 17.5 Å². The van der Waals surface area contributed by atoms with Crippen molar-refractivity contribution in [3.8, 4) is 0 Å². The molecule has 0 atom stereocenters. The SMILES string of the molecule is Clc1ccc(C(c2ccc(Cl)cc2)N2CCN(Cc3nc(N4CCN(c5ccccn5)CC4)c4ccccc4n3)CC2)cc1. The molecule has 7 rings (SSSR count). The molecule has 44 heavy (non-hydrogen) atoms. The van der Waals surface area contributed by atoms with Gasteiger partial charge in [-0.3, -0.25) is 9.80 Å². The van der Waals surface area contributed by atoms with E-state index in [1.165, 1.54) is 11.1 Å². The molecule has 2 saturated heterocycles. The van der Waals surface area contributed by atoms with Crippen LogP contribution in [0.2, 0.25) is 10.0 Å². The molecular formula is C35H35Cl2N7. The number of benzene rings is 3. The summed E-state index contributed by atoms with van der Waals surface area (Å²) in [5.74, 6) is 2.95. The van der Waals surface area contributed by atoms with E-state index in [2.05, 4.69) is 79.2 Å². The van der Waals surface area contributed by atoms with Gasteiger partial charge < -0.3 is 9.80 Å². The molecule has 2 aliphatic heterocycles. The van der Waals surface area contributed by atoms with Crippen LogP contribution in [-0.4, -0.2) is 77.1 Å². The second-order valence-corrected chi connectivity index (χ2v) is 12.3. The average Bonchev–Trinajstić information content (AvgIpc) is 3.07. The Kier molecular flexibility index (Phi) is 8.62. The highest BCUT2D eigenvalue weighted by molar-refractivity contribution is 6.30. The molecule has 5 aromatic rings. The van der Waals surface area contributed by atoms with Crippen LogP contribution < -0.4 is 9.80 Å². The molecule has 0 bridgehead atoms. The molecule has 0 N–H and O–H groups in total. The van der Waals surface area contributed by atoms with Gasteiger partial charge in [0.25, 0.3) is 0 Å². The molecule has 2 aromatic heterocycles. The minimum absolute atomic E-state index is 0.139. The van der Waals surface area contributed by atoms with Gasteiger partial charge in [-0.15, -0.1) is 0 Å². The van der Waals surface area contributed by atoms with E-state index in [0.29, 0.717) is 0 Å².